The van der Waals surface area contributed by atoms with Gasteiger partial charge in [0, 0.05) is 121 Å². The lowest BCUT2D eigenvalue weighted by Crippen LogP contribution is -2.49. The van der Waals surface area contributed by atoms with Gasteiger partial charge in [0.1, 0.15) is 34.5 Å². The molecule has 24 nitrogen and oxygen atoms in total. The van der Waals surface area contributed by atoms with Gasteiger partial charge >= 0.3 is 5.97 Å². The summed E-state index contributed by atoms with van der Waals surface area (Å²) in [6, 6.07) is 17.3. The van der Waals surface area contributed by atoms with Crippen molar-refractivity contribution in [3.8, 4) is 33.8 Å². The molecule has 0 fully saturated rings. The van der Waals surface area contributed by atoms with Crippen molar-refractivity contribution in [2.75, 3.05) is 53.6 Å². The number of anilines is 1. The number of hydrogen-bond donors (Lipinski definition) is 4. The number of aromatic nitrogens is 9. The van der Waals surface area contributed by atoms with Crippen LogP contribution < -0.4 is 11.1 Å². The van der Waals surface area contributed by atoms with Crippen LogP contribution in [0.2, 0.25) is 10.6 Å². The highest BCUT2D eigenvalue weighted by Crippen LogP contribution is 2.34. The van der Waals surface area contributed by atoms with Crippen molar-refractivity contribution in [3.63, 3.8) is 0 Å². The minimum Gasteiger partial charge on any atom is -0.465 e. The van der Waals surface area contributed by atoms with Crippen molar-refractivity contribution >= 4 is 52.8 Å². The van der Waals surface area contributed by atoms with Gasteiger partial charge in [-0.05, 0) is 169 Å². The van der Waals surface area contributed by atoms with Crippen molar-refractivity contribution in [1.82, 2.24) is 58.3 Å². The molecule has 0 unspecified atom stereocenters. The Bertz CT molecular complexity index is 4490. The van der Waals surface area contributed by atoms with Crippen molar-refractivity contribution in [2.45, 2.75) is 131 Å². The van der Waals surface area contributed by atoms with E-state index in [4.69, 9.17) is 47.9 Å². The molecule has 0 saturated heterocycles. The molecule has 12 rings (SSSR count). The summed E-state index contributed by atoms with van der Waals surface area (Å²) in [5, 5.41) is 22.8. The van der Waals surface area contributed by atoms with Gasteiger partial charge in [-0.1, -0.05) is 26.0 Å². The van der Waals surface area contributed by atoms with E-state index in [1.165, 1.54) is 55.6 Å². The van der Waals surface area contributed by atoms with E-state index in [2.05, 4.69) is 35.2 Å². The second-order valence-electron chi connectivity index (χ2n) is 25.5. The monoisotopic (exact) mass is 1440 g/mol. The van der Waals surface area contributed by atoms with Crippen LogP contribution in [-0.2, 0) is 71.4 Å². The van der Waals surface area contributed by atoms with Gasteiger partial charge < -0.3 is 68.6 Å². The number of carbonyl (C=O) groups excluding carboxylic acids is 4. The number of aliphatic hydroxyl groups is 2. The van der Waals surface area contributed by atoms with Gasteiger partial charge in [0.2, 0.25) is 16.5 Å². The first-order valence-electron chi connectivity index (χ1n) is 32.7. The quantitative estimate of drug-likeness (QED) is 0.0407. The molecule has 0 radical (unpaired) electrons. The first-order valence-corrected chi connectivity index (χ1v) is 33.5. The van der Waals surface area contributed by atoms with Gasteiger partial charge in [-0.2, -0.15) is 0 Å². The predicted molar refractivity (Wildman–Crippen MR) is 378 cm³/mol. The third kappa shape index (κ3) is 18.2. The lowest BCUT2D eigenvalue weighted by atomic mass is 10.0. The summed E-state index contributed by atoms with van der Waals surface area (Å²) in [6.45, 7) is 15.9. The van der Waals surface area contributed by atoms with Crippen LogP contribution in [0.15, 0.2) is 110 Å². The molecule has 0 saturated carbocycles. The Morgan fingerprint density at radius 3 is 1.24 bits per heavy atom. The standard InChI is InChI=1S/C25H30FN5O3.C23H22ClFN4O4.C22H22ClFN4O3.C3H9N/c1-15(2)28-25-27-9-16(3)23(29-25)19-8-22-24(33)31(21(14-34-4)12-30(22)10-19)11-18-7-20(26)6-5-17(18)13-32;1-13-8-26-23(24)27-20(13)15-7-19-21(30)29(17(12-32-2)11-28(19)9-15)10-14-6-16(25)4-5-18(14)22(31)33-3;1-13-7-25-22(23)26-20(13)16-6-19-21(30)28(18(12-31-2)10-27(19)8-16)9-15-5-17(24)4-3-14(15)11-29;1-3(2)4/h5-10,15,21,32H,11-14H2,1-4H3,(H,27,28,29);4-9,17H,10-12H2,1-3H3;3-8,18,29H,9-12H2,1-2H3;3H,4H2,1-2H3/t21-;17-;18-;/m111./s1. The highest BCUT2D eigenvalue weighted by molar-refractivity contribution is 6.28. The highest BCUT2D eigenvalue weighted by Gasteiger charge is 2.38. The summed E-state index contributed by atoms with van der Waals surface area (Å²) in [5.74, 6) is -2.05. The first-order chi connectivity index (χ1) is 48.8. The van der Waals surface area contributed by atoms with E-state index in [9.17, 15) is 42.6 Å². The number of hydrogen-bond acceptors (Lipinski definition) is 18. The van der Waals surface area contributed by atoms with Gasteiger partial charge in [-0.25, -0.2) is 47.9 Å². The number of esters is 1. The molecular weight excluding hydrogens is 1360 g/mol. The zero-order valence-electron chi connectivity index (χ0n) is 58.6. The van der Waals surface area contributed by atoms with Crippen LogP contribution in [0.3, 0.4) is 0 Å². The van der Waals surface area contributed by atoms with E-state index in [0.717, 1.165) is 39.1 Å². The number of rotatable bonds is 20. The van der Waals surface area contributed by atoms with Crippen molar-refractivity contribution in [1.29, 1.82) is 0 Å². The third-order valence-electron chi connectivity index (χ3n) is 17.0. The molecule has 5 N–H and O–H groups in total. The van der Waals surface area contributed by atoms with Gasteiger partial charge in [0.25, 0.3) is 17.7 Å². The zero-order chi connectivity index (χ0) is 73.8. The molecule has 0 spiro atoms. The minimum atomic E-state index is -0.598. The number of nitrogens with zero attached hydrogens (tertiary/aromatic N) is 12. The number of nitrogens with two attached hydrogens (primary N) is 1. The van der Waals surface area contributed by atoms with E-state index in [1.54, 1.807) is 72.8 Å². The number of aryl methyl sites for hydroxylation is 3. The number of aliphatic hydroxyl groups excluding tert-OH is 2. The number of nitrogens with one attached hydrogen (secondary N) is 1. The summed E-state index contributed by atoms with van der Waals surface area (Å²) in [4.78, 5) is 83.3. The largest absolute Gasteiger partial charge is 0.465 e. The molecule has 9 heterocycles. The lowest BCUT2D eigenvalue weighted by Gasteiger charge is -2.36. The van der Waals surface area contributed by atoms with Crippen LogP contribution in [0.1, 0.15) is 114 Å². The third-order valence-corrected chi connectivity index (χ3v) is 17.4. The summed E-state index contributed by atoms with van der Waals surface area (Å²) in [6.07, 6.45) is 10.7. The number of halogens is 5. The normalized spacial score (nSPS) is 15.4. The number of ether oxygens (including phenoxy) is 4. The van der Waals surface area contributed by atoms with Crippen LogP contribution in [0, 0.1) is 38.2 Å². The van der Waals surface area contributed by atoms with E-state index in [1.807, 2.05) is 86.8 Å². The summed E-state index contributed by atoms with van der Waals surface area (Å²) >= 11 is 11.9. The molecule has 3 atom stereocenters. The molecule has 0 aliphatic carbocycles. The van der Waals surface area contributed by atoms with Crippen molar-refractivity contribution < 1.29 is 61.5 Å². The van der Waals surface area contributed by atoms with Crippen LogP contribution in [0.4, 0.5) is 19.1 Å². The van der Waals surface area contributed by atoms with Crippen molar-refractivity contribution in [2.24, 2.45) is 5.73 Å². The molecule has 6 aromatic heterocycles. The van der Waals surface area contributed by atoms with E-state index >= 15 is 0 Å². The van der Waals surface area contributed by atoms with Crippen LogP contribution in [0.25, 0.3) is 33.8 Å². The van der Waals surface area contributed by atoms with Crippen LogP contribution in [-0.4, -0.2) is 171 Å². The Labute approximate surface area is 599 Å². The van der Waals surface area contributed by atoms with Gasteiger partial charge in [-0.3, -0.25) is 14.4 Å². The lowest BCUT2D eigenvalue weighted by molar-refractivity contribution is 0.0381. The fraction of sp³-hybridized carbons (Fsp3) is 0.370. The Kier molecular flexibility index (Phi) is 25.9. The molecule has 3 amide bonds. The average Bonchev–Trinajstić information content (AvgIpc) is 1.58. The number of carbonyl (C=O) groups is 4. The maximum atomic E-state index is 14.0. The number of benzene rings is 3. The first kappa shape index (κ1) is 76.7. The van der Waals surface area contributed by atoms with E-state index in [0.29, 0.717) is 101 Å². The van der Waals surface area contributed by atoms with Gasteiger partial charge in [0.15, 0.2) is 0 Å². The molecule has 29 heteroatoms. The predicted octanol–water partition coefficient (Wildman–Crippen LogP) is 10.4. The molecule has 9 aromatic rings. The fourth-order valence-corrected chi connectivity index (χ4v) is 12.5. The van der Waals surface area contributed by atoms with Crippen LogP contribution in [0.5, 0.6) is 0 Å². The Hall–Kier alpha value is -9.45. The molecule has 3 aliphatic heterocycles. The smallest absolute Gasteiger partial charge is 0.338 e. The highest BCUT2D eigenvalue weighted by atomic mass is 35.5. The van der Waals surface area contributed by atoms with Crippen LogP contribution >= 0.6 is 23.2 Å². The molecule has 3 aliphatic rings. The summed E-state index contributed by atoms with van der Waals surface area (Å²) in [7, 11) is 5.97. The van der Waals surface area contributed by atoms with E-state index in [-0.39, 0.29) is 97.5 Å². The maximum absolute atomic E-state index is 14.0. The SMILES string of the molecule is CC(C)N.COC[C@H]1Cn2cc(-c3nc(Cl)ncc3C)cc2C(=O)N1Cc1cc(F)ccc1C(=O)OC.COC[C@H]1Cn2cc(-c3nc(Cl)ncc3C)cc2C(=O)N1Cc1cc(F)ccc1CO.COC[C@H]1Cn2cc(-c3nc(NC(C)C)ncc3C)cc2C(=O)N1Cc1cc(F)ccc1CO. The second-order valence-corrected chi connectivity index (χ2v) is 26.1. The topological polar surface area (TPSA) is 286 Å². The Morgan fingerprint density at radius 2 is 0.882 bits per heavy atom. The van der Waals surface area contributed by atoms with Gasteiger partial charge in [0.05, 0.1) is 80.9 Å². The minimum absolute atomic E-state index is 0.0218. The average molecular weight is 1440 g/mol. The Morgan fingerprint density at radius 1 is 0.539 bits per heavy atom. The summed E-state index contributed by atoms with van der Waals surface area (Å²) < 4.78 is 68.3. The molecule has 3 aromatic carbocycles. The molecular formula is C73H83Cl2F3N14O10. The number of methoxy groups -OCH3 is 4. The molecule has 102 heavy (non-hydrogen) atoms. The number of fused-ring (bicyclic) bond motifs is 3. The Balaban J connectivity index is 0.000000173. The van der Waals surface area contributed by atoms with Crippen molar-refractivity contribution in [3.05, 3.63) is 205 Å². The van der Waals surface area contributed by atoms with E-state index < -0.39 is 23.4 Å². The molecule has 540 valence electrons. The maximum Gasteiger partial charge on any atom is 0.338 e. The fourth-order valence-electron chi connectivity index (χ4n) is 12.3. The molecule has 0 bridgehead atoms. The summed E-state index contributed by atoms with van der Waals surface area (Å²) in [5.41, 5.74) is 16.4. The van der Waals surface area contributed by atoms with Gasteiger partial charge in [-0.15, -0.1) is 0 Å². The zero-order valence-corrected chi connectivity index (χ0v) is 60.1. The second kappa shape index (κ2) is 34.5. The number of amides is 3.